The maximum atomic E-state index is 5.89. The van der Waals surface area contributed by atoms with Crippen LogP contribution in [0.1, 0.15) is 31.7 Å². The molecule has 20 heavy (non-hydrogen) atoms. The van der Waals surface area contributed by atoms with Gasteiger partial charge < -0.3 is 0 Å². The highest BCUT2D eigenvalue weighted by Gasteiger charge is 2.47. The van der Waals surface area contributed by atoms with E-state index in [1.54, 1.807) is 0 Å². The molecular formula is C16H24N2S2. The smallest absolute Gasteiger partial charge is 0.0371 e. The molecule has 0 bridgehead atoms. The minimum absolute atomic E-state index is 0.452. The van der Waals surface area contributed by atoms with E-state index >= 15 is 0 Å². The number of thioether (sulfide) groups is 2. The van der Waals surface area contributed by atoms with Crippen molar-refractivity contribution in [3.63, 3.8) is 0 Å². The molecule has 2 fully saturated rings. The summed E-state index contributed by atoms with van der Waals surface area (Å²) < 4.78 is 0. The van der Waals surface area contributed by atoms with Gasteiger partial charge in [0.25, 0.3) is 0 Å². The van der Waals surface area contributed by atoms with Crippen LogP contribution >= 0.6 is 23.5 Å². The Kier molecular flexibility index (Phi) is 4.65. The zero-order chi connectivity index (χ0) is 14.1. The van der Waals surface area contributed by atoms with Crippen LogP contribution in [0.4, 0.5) is 0 Å². The lowest BCUT2D eigenvalue weighted by Gasteiger charge is -2.36. The number of nitrogens with one attached hydrogen (secondary N) is 1. The number of hydrogen-bond donors (Lipinski definition) is 2. The van der Waals surface area contributed by atoms with E-state index in [4.69, 9.17) is 5.84 Å². The summed E-state index contributed by atoms with van der Waals surface area (Å²) in [6, 6.07) is 11.3. The van der Waals surface area contributed by atoms with Crippen molar-refractivity contribution in [2.24, 2.45) is 11.8 Å². The van der Waals surface area contributed by atoms with Gasteiger partial charge in [0, 0.05) is 27.5 Å². The standard InChI is InChI=1S/C16H24N2S2/c1-10-11(2)20-15(9-19-10)16(18-17)14-8-13(14)12-6-4-3-5-7-12/h3-7,10-11,13-16,18H,8-9,17H2,1-2H3. The number of rotatable bonds is 4. The van der Waals surface area contributed by atoms with E-state index < -0.39 is 0 Å². The van der Waals surface area contributed by atoms with Crippen molar-refractivity contribution in [3.05, 3.63) is 35.9 Å². The van der Waals surface area contributed by atoms with E-state index in [-0.39, 0.29) is 0 Å². The first-order valence-electron chi connectivity index (χ1n) is 7.49. The molecule has 4 heteroatoms. The van der Waals surface area contributed by atoms with Crippen molar-refractivity contribution in [2.75, 3.05) is 5.75 Å². The second-order valence-electron chi connectivity index (χ2n) is 6.03. The van der Waals surface area contributed by atoms with Crippen LogP contribution in [-0.2, 0) is 0 Å². The van der Waals surface area contributed by atoms with Crippen molar-refractivity contribution >= 4 is 23.5 Å². The second-order valence-corrected chi connectivity index (χ2v) is 9.06. The van der Waals surface area contributed by atoms with Gasteiger partial charge in [-0.3, -0.25) is 11.3 Å². The monoisotopic (exact) mass is 308 g/mol. The number of hydrogen-bond acceptors (Lipinski definition) is 4. The van der Waals surface area contributed by atoms with Crippen molar-refractivity contribution in [2.45, 2.75) is 48.0 Å². The van der Waals surface area contributed by atoms with Crippen molar-refractivity contribution in [3.8, 4) is 0 Å². The molecule has 3 N–H and O–H groups in total. The van der Waals surface area contributed by atoms with Crippen molar-refractivity contribution < 1.29 is 0 Å². The highest BCUT2D eigenvalue weighted by molar-refractivity contribution is 8.07. The molecule has 3 rings (SSSR count). The summed E-state index contributed by atoms with van der Waals surface area (Å²) >= 11 is 4.23. The van der Waals surface area contributed by atoms with E-state index in [0.29, 0.717) is 23.1 Å². The zero-order valence-electron chi connectivity index (χ0n) is 12.2. The molecule has 6 atom stereocenters. The minimum Gasteiger partial charge on any atom is -0.271 e. The molecule has 1 aliphatic carbocycles. The molecule has 1 aromatic rings. The average molecular weight is 309 g/mol. The Morgan fingerprint density at radius 2 is 1.95 bits per heavy atom. The molecule has 0 radical (unpaired) electrons. The lowest BCUT2D eigenvalue weighted by atomic mass is 10.0. The molecule has 1 aromatic carbocycles. The third-order valence-corrected chi connectivity index (χ3v) is 8.21. The van der Waals surface area contributed by atoms with Crippen LogP contribution in [0.2, 0.25) is 0 Å². The molecule has 1 heterocycles. The van der Waals surface area contributed by atoms with Gasteiger partial charge in [0.1, 0.15) is 0 Å². The summed E-state index contributed by atoms with van der Waals surface area (Å²) in [6.45, 7) is 4.69. The summed E-state index contributed by atoms with van der Waals surface area (Å²) in [5.41, 5.74) is 4.61. The Balaban J connectivity index is 1.64. The fourth-order valence-electron chi connectivity index (χ4n) is 3.20. The molecule has 1 saturated carbocycles. The van der Waals surface area contributed by atoms with Gasteiger partial charge in [-0.05, 0) is 23.8 Å². The van der Waals surface area contributed by atoms with E-state index in [9.17, 15) is 0 Å². The first-order chi connectivity index (χ1) is 9.70. The van der Waals surface area contributed by atoms with Gasteiger partial charge in [0.15, 0.2) is 0 Å². The zero-order valence-corrected chi connectivity index (χ0v) is 13.8. The van der Waals surface area contributed by atoms with E-state index in [1.807, 2.05) is 0 Å². The highest BCUT2D eigenvalue weighted by Crippen LogP contribution is 2.52. The maximum absolute atomic E-state index is 5.89. The predicted octanol–water partition coefficient (Wildman–Crippen LogP) is 3.25. The third-order valence-electron chi connectivity index (χ3n) is 4.70. The molecule has 0 spiro atoms. The molecule has 2 nitrogen and oxygen atoms in total. The third kappa shape index (κ3) is 3.03. The van der Waals surface area contributed by atoms with Crippen LogP contribution in [0.25, 0.3) is 0 Å². The van der Waals surface area contributed by atoms with Crippen LogP contribution in [0.5, 0.6) is 0 Å². The summed E-state index contributed by atoms with van der Waals surface area (Å²) in [4.78, 5) is 0. The Morgan fingerprint density at radius 1 is 1.20 bits per heavy atom. The van der Waals surface area contributed by atoms with Crippen LogP contribution in [-0.4, -0.2) is 27.5 Å². The average Bonchev–Trinajstić information content (AvgIpc) is 3.25. The molecule has 1 aliphatic heterocycles. The van der Waals surface area contributed by atoms with Gasteiger partial charge in [-0.25, -0.2) is 0 Å². The van der Waals surface area contributed by atoms with Gasteiger partial charge in [0.05, 0.1) is 0 Å². The quantitative estimate of drug-likeness (QED) is 0.661. The molecule has 6 unspecified atom stereocenters. The molecular weight excluding hydrogens is 284 g/mol. The Bertz CT molecular complexity index is 439. The predicted molar refractivity (Wildman–Crippen MR) is 91.2 cm³/mol. The molecule has 0 aromatic heterocycles. The van der Waals surface area contributed by atoms with Gasteiger partial charge in [-0.15, -0.1) is 0 Å². The number of benzene rings is 1. The summed E-state index contributed by atoms with van der Waals surface area (Å²) in [6.07, 6.45) is 1.28. The lowest BCUT2D eigenvalue weighted by Crippen LogP contribution is -2.48. The SMILES string of the molecule is CC1SCC(C(NN)C2CC2c2ccccc2)SC1C. The normalized spacial score (nSPS) is 38.5. The van der Waals surface area contributed by atoms with Crippen molar-refractivity contribution in [1.29, 1.82) is 0 Å². The molecule has 1 saturated heterocycles. The highest BCUT2D eigenvalue weighted by atomic mass is 32.2. The summed E-state index contributed by atoms with van der Waals surface area (Å²) in [7, 11) is 0. The fraction of sp³-hybridized carbons (Fsp3) is 0.625. The van der Waals surface area contributed by atoms with Crippen LogP contribution < -0.4 is 11.3 Å². The molecule has 0 amide bonds. The second kappa shape index (κ2) is 6.30. The lowest BCUT2D eigenvalue weighted by molar-refractivity contribution is 0.464. The van der Waals surface area contributed by atoms with Gasteiger partial charge in [0.2, 0.25) is 0 Å². The van der Waals surface area contributed by atoms with E-state index in [2.05, 4.69) is 73.1 Å². The van der Waals surface area contributed by atoms with Crippen LogP contribution in [0, 0.1) is 5.92 Å². The Hall–Kier alpha value is -0.160. The van der Waals surface area contributed by atoms with E-state index in [0.717, 1.165) is 10.5 Å². The summed E-state index contributed by atoms with van der Waals surface area (Å²) in [5.74, 6) is 8.53. The minimum atomic E-state index is 0.452. The molecule has 110 valence electrons. The summed E-state index contributed by atoms with van der Waals surface area (Å²) in [5, 5.41) is 2.14. The van der Waals surface area contributed by atoms with Gasteiger partial charge >= 0.3 is 0 Å². The van der Waals surface area contributed by atoms with E-state index in [1.165, 1.54) is 17.7 Å². The fourth-order valence-corrected chi connectivity index (χ4v) is 6.37. The largest absolute Gasteiger partial charge is 0.271 e. The maximum Gasteiger partial charge on any atom is 0.0371 e. The van der Waals surface area contributed by atoms with Gasteiger partial charge in [-0.2, -0.15) is 23.5 Å². The first-order valence-corrected chi connectivity index (χ1v) is 9.48. The number of nitrogens with two attached hydrogens (primary N) is 1. The van der Waals surface area contributed by atoms with Crippen LogP contribution in [0.3, 0.4) is 0 Å². The first kappa shape index (κ1) is 14.8. The van der Waals surface area contributed by atoms with Crippen molar-refractivity contribution in [1.82, 2.24) is 5.43 Å². The number of hydrazine groups is 1. The van der Waals surface area contributed by atoms with Crippen LogP contribution in [0.15, 0.2) is 30.3 Å². The Labute approximate surface area is 130 Å². The topological polar surface area (TPSA) is 38.0 Å². The molecule has 2 aliphatic rings. The van der Waals surface area contributed by atoms with Gasteiger partial charge in [-0.1, -0.05) is 44.2 Å². The Morgan fingerprint density at radius 3 is 2.60 bits per heavy atom.